The summed E-state index contributed by atoms with van der Waals surface area (Å²) >= 11 is 1.64. The van der Waals surface area contributed by atoms with Gasteiger partial charge in [-0.1, -0.05) is 89.0 Å². The van der Waals surface area contributed by atoms with Crippen LogP contribution in [0.4, 0.5) is 0 Å². The molecule has 2 amide bonds. The maximum Gasteiger partial charge on any atom is 0.305 e. The molecule has 0 aromatic heterocycles. The third kappa shape index (κ3) is 24.9. The minimum absolute atomic E-state index is 0. The Hall–Kier alpha value is -2.58. The van der Waals surface area contributed by atoms with Crippen molar-refractivity contribution in [2.75, 3.05) is 31.7 Å². The van der Waals surface area contributed by atoms with Gasteiger partial charge in [-0.3, -0.25) is 14.4 Å². The first-order valence-electron chi connectivity index (χ1n) is 14.4. The van der Waals surface area contributed by atoms with Crippen LogP contribution in [0.25, 0.3) is 0 Å². The molecule has 0 saturated carbocycles. The number of allylic oxidation sites excluding steroid dienone is 10. The topological polar surface area (TPSA) is 105 Å². The van der Waals surface area contributed by atoms with Crippen molar-refractivity contribution >= 4 is 29.5 Å². The van der Waals surface area contributed by atoms with Crippen molar-refractivity contribution in [3.05, 3.63) is 60.8 Å². The van der Waals surface area contributed by atoms with Crippen LogP contribution in [-0.2, 0) is 19.1 Å². The highest BCUT2D eigenvalue weighted by Gasteiger charge is 2.34. The SMILES string of the molecule is C.CC/C=C\C/C=C\C/C=C\C/C=C\C/C=C\CCCC(=O)OCC(C)(C)[C@@H](O)C(=O)NCCC(=O)NCCSC. The first-order valence-corrected chi connectivity index (χ1v) is 15.8. The number of rotatable bonds is 23. The zero-order chi connectivity index (χ0) is 29.9. The van der Waals surface area contributed by atoms with Gasteiger partial charge in [0.1, 0.15) is 6.10 Å². The second-order valence-electron chi connectivity index (χ2n) is 10.0. The summed E-state index contributed by atoms with van der Waals surface area (Å²) in [4.78, 5) is 36.1. The molecular formula is C33H56N2O5S. The van der Waals surface area contributed by atoms with E-state index in [1.807, 2.05) is 6.26 Å². The number of unbranched alkanes of at least 4 members (excludes halogenated alkanes) is 1. The number of esters is 1. The number of amides is 2. The van der Waals surface area contributed by atoms with E-state index in [9.17, 15) is 19.5 Å². The molecule has 0 unspecified atom stereocenters. The minimum Gasteiger partial charge on any atom is -0.465 e. The standard InChI is InChI=1S/C32H52N2O5S.CH4/c1-5-6-7-8-9-10-11-12-13-14-15-16-17-18-19-20-21-22-29(36)39-27-32(2,3)30(37)31(38)34-24-23-28(35)33-25-26-40-4;/h6-7,9-10,12-13,15-16,18-19,30,37H,5,8,11,14,17,20-27H2,1-4H3,(H,33,35)(H,34,38);1H4/b7-6-,10-9-,13-12-,16-15-,19-18-;/t30-;/m0./s1. The number of nitrogens with one attached hydrogen (secondary N) is 2. The van der Waals surface area contributed by atoms with Gasteiger partial charge < -0.3 is 20.5 Å². The lowest BCUT2D eigenvalue weighted by Gasteiger charge is -2.29. The highest BCUT2D eigenvalue weighted by Crippen LogP contribution is 2.22. The van der Waals surface area contributed by atoms with E-state index >= 15 is 0 Å². The van der Waals surface area contributed by atoms with E-state index in [-0.39, 0.29) is 45.3 Å². The Morgan fingerprint density at radius 1 is 0.829 bits per heavy atom. The maximum atomic E-state index is 12.3. The Morgan fingerprint density at radius 3 is 1.90 bits per heavy atom. The van der Waals surface area contributed by atoms with Gasteiger partial charge in [0.25, 0.3) is 0 Å². The molecule has 8 heteroatoms. The normalized spacial score (nSPS) is 12.9. The molecule has 0 aromatic carbocycles. The van der Waals surface area contributed by atoms with Crippen molar-refractivity contribution in [1.29, 1.82) is 0 Å². The number of aliphatic hydroxyl groups excluding tert-OH is 1. The summed E-state index contributed by atoms with van der Waals surface area (Å²) in [6.45, 7) is 6.10. The molecule has 0 aliphatic rings. The number of carbonyl (C=O) groups excluding carboxylic acids is 3. The summed E-state index contributed by atoms with van der Waals surface area (Å²) in [5.74, 6) is -0.263. The molecule has 3 N–H and O–H groups in total. The van der Waals surface area contributed by atoms with E-state index in [1.165, 1.54) is 0 Å². The molecule has 0 aliphatic heterocycles. The molecular weight excluding hydrogens is 536 g/mol. The minimum atomic E-state index is -1.36. The molecule has 0 aliphatic carbocycles. The quantitative estimate of drug-likeness (QED) is 0.0715. The van der Waals surface area contributed by atoms with Gasteiger partial charge in [-0.15, -0.1) is 0 Å². The van der Waals surface area contributed by atoms with Gasteiger partial charge in [-0.05, 0) is 51.2 Å². The Bertz CT molecular complexity index is 847. The van der Waals surface area contributed by atoms with Crippen molar-refractivity contribution < 1.29 is 24.2 Å². The fraction of sp³-hybridized carbons (Fsp3) is 0.606. The van der Waals surface area contributed by atoms with Crippen molar-refractivity contribution in [3.8, 4) is 0 Å². The van der Waals surface area contributed by atoms with Gasteiger partial charge in [0.15, 0.2) is 0 Å². The molecule has 7 nitrogen and oxygen atoms in total. The number of hydrogen-bond acceptors (Lipinski definition) is 6. The van der Waals surface area contributed by atoms with E-state index in [2.05, 4.69) is 78.3 Å². The van der Waals surface area contributed by atoms with Crippen LogP contribution in [0.2, 0.25) is 0 Å². The van der Waals surface area contributed by atoms with E-state index in [4.69, 9.17) is 4.74 Å². The number of hydrogen-bond donors (Lipinski definition) is 3. The lowest BCUT2D eigenvalue weighted by atomic mass is 9.87. The van der Waals surface area contributed by atoms with Gasteiger partial charge in [0.05, 0.1) is 6.61 Å². The molecule has 234 valence electrons. The van der Waals surface area contributed by atoms with Gasteiger partial charge in [0.2, 0.25) is 11.8 Å². The average molecular weight is 593 g/mol. The summed E-state index contributed by atoms with van der Waals surface area (Å²) in [6.07, 6.45) is 28.8. The molecule has 0 heterocycles. The van der Waals surface area contributed by atoms with Crippen LogP contribution < -0.4 is 10.6 Å². The fourth-order valence-corrected chi connectivity index (χ4v) is 3.59. The number of thioether (sulfide) groups is 1. The van der Waals surface area contributed by atoms with Crippen LogP contribution in [0.1, 0.15) is 86.0 Å². The molecule has 1 atom stereocenters. The fourth-order valence-electron chi connectivity index (χ4n) is 3.28. The third-order valence-corrected chi connectivity index (χ3v) is 6.40. The Labute approximate surface area is 254 Å². The largest absolute Gasteiger partial charge is 0.465 e. The van der Waals surface area contributed by atoms with Gasteiger partial charge in [-0.25, -0.2) is 0 Å². The summed E-state index contributed by atoms with van der Waals surface area (Å²) in [5.41, 5.74) is -0.954. The van der Waals surface area contributed by atoms with Crippen LogP contribution in [0.15, 0.2) is 60.8 Å². The Balaban J connectivity index is 0. The second-order valence-corrected chi connectivity index (χ2v) is 11.0. The van der Waals surface area contributed by atoms with Crippen LogP contribution in [-0.4, -0.2) is 60.7 Å². The highest BCUT2D eigenvalue weighted by atomic mass is 32.2. The average Bonchev–Trinajstić information content (AvgIpc) is 2.93. The molecule has 0 bridgehead atoms. The van der Waals surface area contributed by atoms with Gasteiger partial charge in [0, 0.05) is 37.1 Å². The van der Waals surface area contributed by atoms with Crippen molar-refractivity contribution in [2.24, 2.45) is 5.41 Å². The van der Waals surface area contributed by atoms with Crippen LogP contribution >= 0.6 is 11.8 Å². The summed E-state index contributed by atoms with van der Waals surface area (Å²) < 4.78 is 5.31. The highest BCUT2D eigenvalue weighted by molar-refractivity contribution is 7.98. The van der Waals surface area contributed by atoms with Crippen molar-refractivity contribution in [1.82, 2.24) is 10.6 Å². The zero-order valence-corrected chi connectivity index (χ0v) is 25.8. The second kappa shape index (κ2) is 27.6. The molecule has 0 spiro atoms. The predicted molar refractivity (Wildman–Crippen MR) is 175 cm³/mol. The van der Waals surface area contributed by atoms with E-state index < -0.39 is 17.4 Å². The summed E-state index contributed by atoms with van der Waals surface area (Å²) in [6, 6.07) is 0. The van der Waals surface area contributed by atoms with Crippen LogP contribution in [0.5, 0.6) is 0 Å². The van der Waals surface area contributed by atoms with E-state index in [0.29, 0.717) is 13.0 Å². The van der Waals surface area contributed by atoms with E-state index in [0.717, 1.165) is 44.3 Å². The molecule has 0 fully saturated rings. The van der Waals surface area contributed by atoms with Gasteiger partial charge in [-0.2, -0.15) is 11.8 Å². The molecule has 41 heavy (non-hydrogen) atoms. The first kappa shape index (κ1) is 40.6. The van der Waals surface area contributed by atoms with Crippen LogP contribution in [0.3, 0.4) is 0 Å². The summed E-state index contributed by atoms with van der Waals surface area (Å²) in [7, 11) is 0. The van der Waals surface area contributed by atoms with Gasteiger partial charge >= 0.3 is 5.97 Å². The number of aliphatic hydroxyl groups is 1. The number of ether oxygens (including phenoxy) is 1. The zero-order valence-electron chi connectivity index (χ0n) is 25.0. The summed E-state index contributed by atoms with van der Waals surface area (Å²) in [5, 5.41) is 15.7. The maximum absolute atomic E-state index is 12.3. The third-order valence-electron chi connectivity index (χ3n) is 5.78. The Kier molecular flexibility index (Phi) is 27.3. The molecule has 0 saturated heterocycles. The monoisotopic (exact) mass is 592 g/mol. The molecule has 0 aromatic rings. The predicted octanol–water partition coefficient (Wildman–Crippen LogP) is 6.46. The van der Waals surface area contributed by atoms with Crippen molar-refractivity contribution in [2.45, 2.75) is 92.1 Å². The number of carbonyl (C=O) groups is 3. The lowest BCUT2D eigenvalue weighted by Crippen LogP contribution is -2.47. The molecule has 0 rings (SSSR count). The Morgan fingerprint density at radius 2 is 1.37 bits per heavy atom. The molecule has 0 radical (unpaired) electrons. The van der Waals surface area contributed by atoms with Crippen molar-refractivity contribution in [3.63, 3.8) is 0 Å². The first-order chi connectivity index (χ1) is 19.2. The smallest absolute Gasteiger partial charge is 0.305 e. The van der Waals surface area contributed by atoms with E-state index in [1.54, 1.807) is 25.6 Å². The lowest BCUT2D eigenvalue weighted by molar-refractivity contribution is -0.153. The van der Waals surface area contributed by atoms with Crippen LogP contribution in [0, 0.1) is 5.41 Å².